The maximum atomic E-state index is 13.3. The van der Waals surface area contributed by atoms with Crippen molar-refractivity contribution in [3.63, 3.8) is 0 Å². The number of aryl methyl sites for hydroxylation is 1. The van der Waals surface area contributed by atoms with Crippen LogP contribution >= 0.6 is 0 Å². The summed E-state index contributed by atoms with van der Waals surface area (Å²) in [6.45, 7) is 9.08. The standard InChI is InChI=1S/C26H36N2O3/c1-6-24(26(30)27-7-2)28(18-21-9-8-10-23(17-21)31-5)25(29)16-13-20-11-14-22(15-12-20)19(3)4/h8-12,14-15,17,19,24H,6-7,13,16,18H2,1-5H3,(H,27,30). The van der Waals surface area contributed by atoms with E-state index in [1.165, 1.54) is 5.56 Å². The monoisotopic (exact) mass is 424 g/mol. The summed E-state index contributed by atoms with van der Waals surface area (Å²) in [6.07, 6.45) is 1.57. The van der Waals surface area contributed by atoms with Crippen LogP contribution < -0.4 is 10.1 Å². The minimum absolute atomic E-state index is 0.0196. The Bertz CT molecular complexity index is 846. The van der Waals surface area contributed by atoms with Crippen molar-refractivity contribution >= 4 is 11.8 Å². The number of likely N-dealkylation sites (N-methyl/N-ethyl adjacent to an activating group) is 1. The normalized spacial score (nSPS) is 11.8. The second-order valence-electron chi connectivity index (χ2n) is 8.09. The number of nitrogens with zero attached hydrogens (tertiary/aromatic N) is 1. The molecule has 0 aliphatic carbocycles. The molecule has 5 nitrogen and oxygen atoms in total. The fourth-order valence-electron chi connectivity index (χ4n) is 3.64. The van der Waals surface area contributed by atoms with Crippen LogP contribution in [-0.4, -0.2) is 36.4 Å². The second-order valence-corrected chi connectivity index (χ2v) is 8.09. The summed E-state index contributed by atoms with van der Waals surface area (Å²) in [6, 6.07) is 15.6. The number of benzene rings is 2. The molecule has 0 aromatic heterocycles. The molecular weight excluding hydrogens is 388 g/mol. The molecule has 0 aliphatic rings. The first-order chi connectivity index (χ1) is 14.9. The molecule has 0 saturated carbocycles. The Morgan fingerprint density at radius 2 is 1.74 bits per heavy atom. The first-order valence-corrected chi connectivity index (χ1v) is 11.2. The fourth-order valence-corrected chi connectivity index (χ4v) is 3.64. The minimum Gasteiger partial charge on any atom is -0.497 e. The molecule has 5 heteroatoms. The lowest BCUT2D eigenvalue weighted by molar-refractivity contribution is -0.141. The van der Waals surface area contributed by atoms with Gasteiger partial charge in [0.15, 0.2) is 0 Å². The molecular formula is C26H36N2O3. The summed E-state index contributed by atoms with van der Waals surface area (Å²) in [4.78, 5) is 27.7. The van der Waals surface area contributed by atoms with Crippen molar-refractivity contribution < 1.29 is 14.3 Å². The van der Waals surface area contributed by atoms with Crippen LogP contribution in [0.5, 0.6) is 5.75 Å². The predicted molar refractivity (Wildman–Crippen MR) is 125 cm³/mol. The third-order valence-corrected chi connectivity index (χ3v) is 5.50. The van der Waals surface area contributed by atoms with Crippen LogP contribution in [0.3, 0.4) is 0 Å². The molecule has 0 bridgehead atoms. The number of methoxy groups -OCH3 is 1. The van der Waals surface area contributed by atoms with Gasteiger partial charge in [-0.15, -0.1) is 0 Å². The first kappa shape index (κ1) is 24.4. The van der Waals surface area contributed by atoms with E-state index in [4.69, 9.17) is 4.74 Å². The number of carbonyl (C=O) groups is 2. The van der Waals surface area contributed by atoms with Gasteiger partial charge in [-0.05, 0) is 54.5 Å². The van der Waals surface area contributed by atoms with E-state index >= 15 is 0 Å². The summed E-state index contributed by atoms with van der Waals surface area (Å²) >= 11 is 0. The molecule has 2 aromatic carbocycles. The van der Waals surface area contributed by atoms with E-state index in [-0.39, 0.29) is 11.8 Å². The number of hydrogen-bond donors (Lipinski definition) is 1. The van der Waals surface area contributed by atoms with Crippen LogP contribution in [0.2, 0.25) is 0 Å². The van der Waals surface area contributed by atoms with Crippen molar-refractivity contribution in [2.24, 2.45) is 0 Å². The summed E-state index contributed by atoms with van der Waals surface area (Å²) in [5.74, 6) is 1.09. The van der Waals surface area contributed by atoms with Crippen molar-refractivity contribution in [1.82, 2.24) is 10.2 Å². The number of carbonyl (C=O) groups excluding carboxylic acids is 2. The number of amides is 2. The molecule has 2 rings (SSSR count). The lowest BCUT2D eigenvalue weighted by atomic mass is 10.00. The maximum absolute atomic E-state index is 13.3. The highest BCUT2D eigenvalue weighted by Gasteiger charge is 2.28. The van der Waals surface area contributed by atoms with E-state index in [0.717, 1.165) is 16.9 Å². The Balaban J connectivity index is 2.18. The number of ether oxygens (including phenoxy) is 1. The van der Waals surface area contributed by atoms with Gasteiger partial charge in [0, 0.05) is 19.5 Å². The Labute approximate surface area is 186 Å². The molecule has 168 valence electrons. The van der Waals surface area contributed by atoms with Gasteiger partial charge in [-0.25, -0.2) is 0 Å². The SMILES string of the molecule is CCNC(=O)C(CC)N(Cc1cccc(OC)c1)C(=O)CCc1ccc(C(C)C)cc1. The number of rotatable bonds is 11. The zero-order valence-electron chi connectivity index (χ0n) is 19.5. The van der Waals surface area contributed by atoms with Crippen molar-refractivity contribution in [3.8, 4) is 5.75 Å². The average Bonchev–Trinajstić information content (AvgIpc) is 2.77. The predicted octanol–water partition coefficient (Wildman–Crippen LogP) is 4.69. The number of hydrogen-bond acceptors (Lipinski definition) is 3. The first-order valence-electron chi connectivity index (χ1n) is 11.2. The van der Waals surface area contributed by atoms with E-state index < -0.39 is 6.04 Å². The molecule has 2 aromatic rings. The van der Waals surface area contributed by atoms with E-state index in [2.05, 4.69) is 43.4 Å². The Morgan fingerprint density at radius 1 is 1.03 bits per heavy atom. The van der Waals surface area contributed by atoms with E-state index in [1.54, 1.807) is 12.0 Å². The third kappa shape index (κ3) is 7.12. The smallest absolute Gasteiger partial charge is 0.242 e. The van der Waals surface area contributed by atoms with Crippen molar-refractivity contribution in [2.75, 3.05) is 13.7 Å². The molecule has 0 fully saturated rings. The van der Waals surface area contributed by atoms with Crippen LogP contribution in [0.25, 0.3) is 0 Å². The zero-order valence-corrected chi connectivity index (χ0v) is 19.5. The largest absolute Gasteiger partial charge is 0.497 e. The van der Waals surface area contributed by atoms with Gasteiger partial charge in [0.05, 0.1) is 7.11 Å². The van der Waals surface area contributed by atoms with Crippen molar-refractivity contribution in [1.29, 1.82) is 0 Å². The fraction of sp³-hybridized carbons (Fsp3) is 0.462. The Kier molecular flexibility index (Phi) is 9.57. The summed E-state index contributed by atoms with van der Waals surface area (Å²) < 4.78 is 5.32. The molecule has 0 aliphatic heterocycles. The maximum Gasteiger partial charge on any atom is 0.242 e. The molecule has 0 heterocycles. The van der Waals surface area contributed by atoms with E-state index in [0.29, 0.717) is 38.3 Å². The van der Waals surface area contributed by atoms with Gasteiger partial charge in [-0.1, -0.05) is 57.2 Å². The van der Waals surface area contributed by atoms with Gasteiger partial charge in [0.2, 0.25) is 11.8 Å². The second kappa shape index (κ2) is 12.1. The molecule has 1 unspecified atom stereocenters. The Morgan fingerprint density at radius 3 is 2.32 bits per heavy atom. The zero-order chi connectivity index (χ0) is 22.8. The number of nitrogens with one attached hydrogen (secondary N) is 1. The van der Waals surface area contributed by atoms with Crippen LogP contribution in [0.15, 0.2) is 48.5 Å². The third-order valence-electron chi connectivity index (χ3n) is 5.50. The molecule has 1 atom stereocenters. The Hall–Kier alpha value is -2.82. The average molecular weight is 425 g/mol. The van der Waals surface area contributed by atoms with Crippen LogP contribution in [-0.2, 0) is 22.6 Å². The van der Waals surface area contributed by atoms with Gasteiger partial charge < -0.3 is 15.0 Å². The van der Waals surface area contributed by atoms with Crippen molar-refractivity contribution in [3.05, 3.63) is 65.2 Å². The molecule has 0 saturated heterocycles. The highest BCUT2D eigenvalue weighted by Crippen LogP contribution is 2.19. The van der Waals surface area contributed by atoms with Gasteiger partial charge in [-0.2, -0.15) is 0 Å². The van der Waals surface area contributed by atoms with Gasteiger partial charge >= 0.3 is 0 Å². The summed E-state index contributed by atoms with van der Waals surface area (Å²) in [7, 11) is 1.62. The van der Waals surface area contributed by atoms with Crippen LogP contribution in [0.1, 0.15) is 63.1 Å². The van der Waals surface area contributed by atoms with Gasteiger partial charge in [-0.3, -0.25) is 9.59 Å². The van der Waals surface area contributed by atoms with E-state index in [1.807, 2.05) is 38.1 Å². The summed E-state index contributed by atoms with van der Waals surface area (Å²) in [5, 5.41) is 2.87. The molecule has 2 amide bonds. The molecule has 1 N–H and O–H groups in total. The quantitative estimate of drug-likeness (QED) is 0.569. The highest BCUT2D eigenvalue weighted by atomic mass is 16.5. The van der Waals surface area contributed by atoms with Crippen molar-refractivity contribution in [2.45, 2.75) is 65.5 Å². The van der Waals surface area contributed by atoms with Crippen LogP contribution in [0.4, 0.5) is 0 Å². The molecule has 0 spiro atoms. The topological polar surface area (TPSA) is 58.6 Å². The van der Waals surface area contributed by atoms with Crippen LogP contribution in [0, 0.1) is 0 Å². The highest BCUT2D eigenvalue weighted by molar-refractivity contribution is 5.87. The van der Waals surface area contributed by atoms with Gasteiger partial charge in [0.1, 0.15) is 11.8 Å². The van der Waals surface area contributed by atoms with E-state index in [9.17, 15) is 9.59 Å². The molecule has 31 heavy (non-hydrogen) atoms. The summed E-state index contributed by atoms with van der Waals surface area (Å²) in [5.41, 5.74) is 3.36. The minimum atomic E-state index is -0.498. The lowest BCUT2D eigenvalue weighted by Gasteiger charge is -2.30. The lowest BCUT2D eigenvalue weighted by Crippen LogP contribution is -2.49. The molecule has 0 radical (unpaired) electrons. The van der Waals surface area contributed by atoms with Gasteiger partial charge in [0.25, 0.3) is 0 Å².